The summed E-state index contributed by atoms with van der Waals surface area (Å²) in [6, 6.07) is 11.1. The molecule has 0 saturated heterocycles. The minimum atomic E-state index is -4.47. The third-order valence-corrected chi connectivity index (χ3v) is 4.19. The molecule has 2 aromatic carbocycles. The Kier molecular flexibility index (Phi) is 3.79. The van der Waals surface area contributed by atoms with Gasteiger partial charge in [-0.3, -0.25) is 14.5 Å². The van der Waals surface area contributed by atoms with Gasteiger partial charge in [0.15, 0.2) is 0 Å². The van der Waals surface area contributed by atoms with E-state index in [-0.39, 0.29) is 17.9 Å². The van der Waals surface area contributed by atoms with Crippen LogP contribution < -0.4 is 0 Å². The Bertz CT molecular complexity index is 1020. The van der Waals surface area contributed by atoms with Crippen LogP contribution in [0.5, 0.6) is 0 Å². The molecular weight excluding hydrogens is 361 g/mol. The van der Waals surface area contributed by atoms with Crippen LogP contribution >= 0.6 is 0 Å². The molecule has 2 amide bonds. The van der Waals surface area contributed by atoms with Crippen LogP contribution in [0, 0.1) is 0 Å². The van der Waals surface area contributed by atoms with Gasteiger partial charge in [0.05, 0.1) is 22.9 Å². The van der Waals surface area contributed by atoms with Crippen LogP contribution in [0.1, 0.15) is 26.3 Å². The van der Waals surface area contributed by atoms with E-state index in [1.165, 1.54) is 23.0 Å². The molecule has 136 valence electrons. The van der Waals surface area contributed by atoms with Crippen LogP contribution in [0.15, 0.2) is 54.7 Å². The largest absolute Gasteiger partial charge is 0.416 e. The number of rotatable bonds is 3. The van der Waals surface area contributed by atoms with Crippen molar-refractivity contribution >= 4 is 11.8 Å². The summed E-state index contributed by atoms with van der Waals surface area (Å²) in [5, 5.41) is 7.67. The van der Waals surface area contributed by atoms with Gasteiger partial charge in [0.1, 0.15) is 12.4 Å². The molecule has 0 unspecified atom stereocenters. The summed E-state index contributed by atoms with van der Waals surface area (Å²) in [5.41, 5.74) is 0.257. The lowest BCUT2D eigenvalue weighted by molar-refractivity contribution is -0.137. The molecule has 1 aliphatic rings. The first-order chi connectivity index (χ1) is 12.8. The maximum Gasteiger partial charge on any atom is 0.416 e. The van der Waals surface area contributed by atoms with Crippen LogP contribution in [-0.2, 0) is 12.8 Å². The molecule has 2 heterocycles. The number of carbonyl (C=O) groups excluding carboxylic acids is 2. The van der Waals surface area contributed by atoms with Crippen molar-refractivity contribution in [3.8, 4) is 11.3 Å². The second-order valence-electron chi connectivity index (χ2n) is 5.95. The molecule has 0 atom stereocenters. The number of hydrogen-bond donors (Lipinski definition) is 0. The number of imide groups is 1. The molecular formula is C18H11F3N4O2. The van der Waals surface area contributed by atoms with Gasteiger partial charge in [0.25, 0.3) is 11.8 Å². The molecule has 0 N–H and O–H groups in total. The Labute approximate surface area is 150 Å². The minimum absolute atomic E-state index is 0.182. The summed E-state index contributed by atoms with van der Waals surface area (Å²) in [6.45, 7) is -0.182. The van der Waals surface area contributed by atoms with Crippen LogP contribution in [0.3, 0.4) is 0 Å². The smallest absolute Gasteiger partial charge is 0.269 e. The van der Waals surface area contributed by atoms with E-state index in [1.807, 2.05) is 0 Å². The summed E-state index contributed by atoms with van der Waals surface area (Å²) < 4.78 is 39.8. The first-order valence-electron chi connectivity index (χ1n) is 7.87. The van der Waals surface area contributed by atoms with Crippen molar-refractivity contribution in [1.82, 2.24) is 19.9 Å². The predicted molar refractivity (Wildman–Crippen MR) is 87.4 cm³/mol. The van der Waals surface area contributed by atoms with E-state index in [0.717, 1.165) is 17.0 Å². The highest BCUT2D eigenvalue weighted by atomic mass is 19.4. The molecule has 0 radical (unpaired) electrons. The molecule has 1 aromatic heterocycles. The standard InChI is InChI=1S/C18H11F3N4O2/c19-18(20,21)12-5-3-4-11(8-12)15-9-24(23-22-15)10-25-16(26)13-6-1-2-7-14(13)17(25)27/h1-9H,10H2. The van der Waals surface area contributed by atoms with E-state index in [2.05, 4.69) is 10.3 Å². The van der Waals surface area contributed by atoms with Gasteiger partial charge >= 0.3 is 6.18 Å². The summed E-state index contributed by atoms with van der Waals surface area (Å²) in [7, 11) is 0. The van der Waals surface area contributed by atoms with E-state index < -0.39 is 23.6 Å². The van der Waals surface area contributed by atoms with Gasteiger partial charge in [-0.25, -0.2) is 4.68 Å². The summed E-state index contributed by atoms with van der Waals surface area (Å²) in [5.74, 6) is -0.904. The zero-order valence-corrected chi connectivity index (χ0v) is 13.6. The number of amides is 2. The van der Waals surface area contributed by atoms with Gasteiger partial charge in [-0.05, 0) is 24.3 Å². The number of nitrogens with zero attached hydrogens (tertiary/aromatic N) is 4. The fraction of sp³-hybridized carbons (Fsp3) is 0.111. The van der Waals surface area contributed by atoms with Crippen molar-refractivity contribution in [2.45, 2.75) is 12.8 Å². The highest BCUT2D eigenvalue weighted by Crippen LogP contribution is 2.31. The lowest BCUT2D eigenvalue weighted by atomic mass is 10.1. The van der Waals surface area contributed by atoms with Crippen molar-refractivity contribution < 1.29 is 22.8 Å². The van der Waals surface area contributed by atoms with Gasteiger partial charge in [0.2, 0.25) is 0 Å². The van der Waals surface area contributed by atoms with Gasteiger partial charge in [0, 0.05) is 5.56 Å². The Morgan fingerprint density at radius 2 is 1.59 bits per heavy atom. The molecule has 3 aromatic rings. The molecule has 9 heteroatoms. The van der Waals surface area contributed by atoms with Gasteiger partial charge in [-0.15, -0.1) is 5.10 Å². The van der Waals surface area contributed by atoms with Gasteiger partial charge in [-0.1, -0.05) is 29.5 Å². The van der Waals surface area contributed by atoms with Crippen molar-refractivity contribution in [3.63, 3.8) is 0 Å². The van der Waals surface area contributed by atoms with E-state index >= 15 is 0 Å². The molecule has 1 aliphatic heterocycles. The van der Waals surface area contributed by atoms with E-state index in [9.17, 15) is 22.8 Å². The molecule has 0 aliphatic carbocycles. The normalized spacial score (nSPS) is 14.0. The fourth-order valence-corrected chi connectivity index (χ4v) is 2.87. The number of alkyl halides is 3. The van der Waals surface area contributed by atoms with Crippen LogP contribution in [0.2, 0.25) is 0 Å². The predicted octanol–water partition coefficient (Wildman–Crippen LogP) is 3.22. The molecule has 0 bridgehead atoms. The van der Waals surface area contributed by atoms with Crippen LogP contribution in [0.4, 0.5) is 13.2 Å². The van der Waals surface area contributed by atoms with Gasteiger partial charge in [-0.2, -0.15) is 13.2 Å². The van der Waals surface area contributed by atoms with Crippen molar-refractivity contribution in [3.05, 3.63) is 71.4 Å². The third kappa shape index (κ3) is 2.97. The van der Waals surface area contributed by atoms with Crippen LogP contribution in [0.25, 0.3) is 11.3 Å². The lowest BCUT2D eigenvalue weighted by Crippen LogP contribution is -2.32. The summed E-state index contributed by atoms with van der Waals surface area (Å²) >= 11 is 0. The molecule has 0 spiro atoms. The Balaban J connectivity index is 1.58. The average Bonchev–Trinajstić information content (AvgIpc) is 3.21. The molecule has 6 nitrogen and oxygen atoms in total. The Morgan fingerprint density at radius 1 is 0.926 bits per heavy atom. The Hall–Kier alpha value is -3.49. The van der Waals surface area contributed by atoms with Crippen molar-refractivity contribution in [2.24, 2.45) is 0 Å². The van der Waals surface area contributed by atoms with E-state index in [4.69, 9.17) is 0 Å². The quantitative estimate of drug-likeness (QED) is 0.662. The summed E-state index contributed by atoms with van der Waals surface area (Å²) in [6.07, 6.45) is -3.08. The molecule has 0 fully saturated rings. The monoisotopic (exact) mass is 372 g/mol. The SMILES string of the molecule is O=C1c2ccccc2C(=O)N1Cn1cc(-c2cccc(C(F)(F)F)c2)nn1. The topological polar surface area (TPSA) is 68.1 Å². The number of benzene rings is 2. The Morgan fingerprint density at radius 3 is 2.22 bits per heavy atom. The first kappa shape index (κ1) is 17.0. The number of fused-ring (bicyclic) bond motifs is 1. The summed E-state index contributed by atoms with van der Waals surface area (Å²) in [4.78, 5) is 25.7. The highest BCUT2D eigenvalue weighted by Gasteiger charge is 2.35. The zero-order chi connectivity index (χ0) is 19.2. The number of halogens is 3. The third-order valence-electron chi connectivity index (χ3n) is 4.19. The van der Waals surface area contributed by atoms with E-state index in [1.54, 1.807) is 24.3 Å². The average molecular weight is 372 g/mol. The van der Waals surface area contributed by atoms with E-state index in [0.29, 0.717) is 11.1 Å². The second kappa shape index (κ2) is 6.04. The molecule has 0 saturated carbocycles. The fourth-order valence-electron chi connectivity index (χ4n) is 2.87. The van der Waals surface area contributed by atoms with Crippen molar-refractivity contribution in [1.29, 1.82) is 0 Å². The lowest BCUT2D eigenvalue weighted by Gasteiger charge is -2.12. The second-order valence-corrected chi connectivity index (χ2v) is 5.95. The molecule has 4 rings (SSSR count). The number of aromatic nitrogens is 3. The maximum atomic E-state index is 12.9. The molecule has 27 heavy (non-hydrogen) atoms. The van der Waals surface area contributed by atoms with Crippen molar-refractivity contribution in [2.75, 3.05) is 0 Å². The first-order valence-corrected chi connectivity index (χ1v) is 7.87. The minimum Gasteiger partial charge on any atom is -0.269 e. The number of hydrogen-bond acceptors (Lipinski definition) is 4. The zero-order valence-electron chi connectivity index (χ0n) is 13.6. The number of carbonyl (C=O) groups is 2. The van der Waals surface area contributed by atoms with Gasteiger partial charge < -0.3 is 0 Å². The van der Waals surface area contributed by atoms with Crippen LogP contribution in [-0.4, -0.2) is 31.7 Å². The maximum absolute atomic E-state index is 12.9. The highest BCUT2D eigenvalue weighted by molar-refractivity contribution is 6.21.